The van der Waals surface area contributed by atoms with E-state index in [-0.39, 0.29) is 5.91 Å². The minimum absolute atomic E-state index is 0.152. The predicted molar refractivity (Wildman–Crippen MR) is 131 cm³/mol. The largest absolute Gasteiger partial charge is 0.339 e. The average Bonchev–Trinajstić information content (AvgIpc) is 2.97. The normalized spacial score (nSPS) is 13.1. The molecule has 0 atom stereocenters. The van der Waals surface area contributed by atoms with Crippen molar-refractivity contribution in [3.05, 3.63) is 64.8 Å². The molecule has 1 aliphatic heterocycles. The Kier molecular flexibility index (Phi) is 7.06. The molecule has 7 nitrogen and oxygen atoms in total. The van der Waals surface area contributed by atoms with Crippen molar-refractivity contribution in [1.29, 1.82) is 5.26 Å². The van der Waals surface area contributed by atoms with Crippen molar-refractivity contribution in [2.45, 2.75) is 39.0 Å². The Morgan fingerprint density at radius 1 is 1.15 bits per heavy atom. The van der Waals surface area contributed by atoms with Gasteiger partial charge in [-0.25, -0.2) is 4.98 Å². The fourth-order valence-electron chi connectivity index (χ4n) is 3.94. The topological polar surface area (TPSA) is 93.9 Å². The number of carbonyl (C=O) groups excluding carboxylic acids is 1. The Labute approximate surface area is 198 Å². The van der Waals surface area contributed by atoms with E-state index in [1.807, 2.05) is 48.2 Å². The second-order valence-electron chi connectivity index (χ2n) is 7.83. The lowest BCUT2D eigenvalue weighted by atomic mass is 10.1. The standard InChI is InChI=1S/C25H25ClN6O/c1-2-32-22-15-20(12-11-18(22)8-4-10-23(32)33)30-25-28-16-21(26)24(31-25)29-19-9-3-6-17(14-19)7-5-13-27/h3,6,9,11-12,14-16H,2,4-5,7-8,10H2,1H3,(H2,28,29,30,31). The van der Waals surface area contributed by atoms with Crippen LogP contribution >= 0.6 is 11.6 Å². The third-order valence-corrected chi connectivity index (χ3v) is 5.82. The van der Waals surface area contributed by atoms with Crippen LogP contribution in [0.3, 0.4) is 0 Å². The molecule has 33 heavy (non-hydrogen) atoms. The molecule has 4 rings (SSSR count). The van der Waals surface area contributed by atoms with Crippen LogP contribution in [0.2, 0.25) is 5.02 Å². The lowest BCUT2D eigenvalue weighted by Gasteiger charge is -2.22. The van der Waals surface area contributed by atoms with Crippen LogP contribution in [0.4, 0.5) is 28.8 Å². The highest BCUT2D eigenvalue weighted by atomic mass is 35.5. The minimum atomic E-state index is 0.152. The van der Waals surface area contributed by atoms with Gasteiger partial charge in [-0.3, -0.25) is 4.79 Å². The van der Waals surface area contributed by atoms with Gasteiger partial charge >= 0.3 is 0 Å². The summed E-state index contributed by atoms with van der Waals surface area (Å²) >= 11 is 6.34. The first-order valence-corrected chi connectivity index (χ1v) is 11.4. The number of hydrogen-bond donors (Lipinski definition) is 2. The number of fused-ring (bicyclic) bond motifs is 1. The summed E-state index contributed by atoms with van der Waals surface area (Å²) in [6.45, 7) is 2.62. The molecule has 8 heteroatoms. The molecule has 0 radical (unpaired) electrons. The number of nitrogens with zero attached hydrogens (tertiary/aromatic N) is 4. The highest BCUT2D eigenvalue weighted by Crippen LogP contribution is 2.31. The van der Waals surface area contributed by atoms with Crippen LogP contribution < -0.4 is 15.5 Å². The summed E-state index contributed by atoms with van der Waals surface area (Å²) in [7, 11) is 0. The van der Waals surface area contributed by atoms with Gasteiger partial charge in [0.2, 0.25) is 11.9 Å². The van der Waals surface area contributed by atoms with E-state index in [2.05, 4.69) is 32.7 Å². The maximum atomic E-state index is 12.5. The zero-order chi connectivity index (χ0) is 23.2. The zero-order valence-corrected chi connectivity index (χ0v) is 19.2. The molecular formula is C25H25ClN6O. The number of amides is 1. The number of carbonyl (C=O) groups is 1. The third-order valence-electron chi connectivity index (χ3n) is 5.55. The Balaban J connectivity index is 1.55. The quantitative estimate of drug-likeness (QED) is 0.465. The van der Waals surface area contributed by atoms with E-state index in [0.717, 1.165) is 35.5 Å². The zero-order valence-electron chi connectivity index (χ0n) is 18.4. The Bertz CT molecular complexity index is 1210. The lowest BCUT2D eigenvalue weighted by molar-refractivity contribution is -0.118. The summed E-state index contributed by atoms with van der Waals surface area (Å²) in [6.07, 6.45) is 5.01. The van der Waals surface area contributed by atoms with Crippen molar-refractivity contribution in [2.75, 3.05) is 22.1 Å². The van der Waals surface area contributed by atoms with Crippen molar-refractivity contribution in [3.63, 3.8) is 0 Å². The molecule has 1 aliphatic rings. The molecule has 0 bridgehead atoms. The van der Waals surface area contributed by atoms with E-state index in [4.69, 9.17) is 16.9 Å². The minimum Gasteiger partial charge on any atom is -0.339 e. The SMILES string of the molecule is CCN1C(=O)CCCc2ccc(Nc3ncc(Cl)c(Nc4cccc(CCC#N)c4)n3)cc21. The molecule has 2 aromatic carbocycles. The number of aromatic nitrogens is 2. The molecule has 0 aliphatic carbocycles. The highest BCUT2D eigenvalue weighted by Gasteiger charge is 2.21. The molecule has 1 amide bonds. The second kappa shape index (κ2) is 10.3. The van der Waals surface area contributed by atoms with Crippen LogP contribution in [0.15, 0.2) is 48.7 Å². The molecule has 0 saturated carbocycles. The van der Waals surface area contributed by atoms with E-state index in [9.17, 15) is 4.79 Å². The summed E-state index contributed by atoms with van der Waals surface area (Å²) in [5.74, 6) is 1.02. The number of aryl methyl sites for hydroxylation is 2. The number of halogens is 1. The van der Waals surface area contributed by atoms with Gasteiger partial charge in [-0.05, 0) is 61.6 Å². The van der Waals surface area contributed by atoms with Crippen LogP contribution in [0.5, 0.6) is 0 Å². The Hall–Kier alpha value is -3.63. The third kappa shape index (κ3) is 5.41. The van der Waals surface area contributed by atoms with Crippen LogP contribution in [-0.4, -0.2) is 22.4 Å². The first-order valence-electron chi connectivity index (χ1n) is 11.0. The van der Waals surface area contributed by atoms with Gasteiger partial charge in [-0.2, -0.15) is 10.2 Å². The number of nitrogens with one attached hydrogen (secondary N) is 2. The average molecular weight is 461 g/mol. The highest BCUT2D eigenvalue weighted by molar-refractivity contribution is 6.32. The van der Waals surface area contributed by atoms with Crippen molar-refractivity contribution < 1.29 is 4.79 Å². The van der Waals surface area contributed by atoms with Gasteiger partial charge in [0.15, 0.2) is 5.82 Å². The monoisotopic (exact) mass is 460 g/mol. The van der Waals surface area contributed by atoms with Gasteiger partial charge in [-0.1, -0.05) is 29.8 Å². The van der Waals surface area contributed by atoms with Crippen LogP contribution in [-0.2, 0) is 17.6 Å². The number of nitriles is 1. The first kappa shape index (κ1) is 22.6. The first-order chi connectivity index (χ1) is 16.1. The maximum absolute atomic E-state index is 12.5. The number of anilines is 5. The summed E-state index contributed by atoms with van der Waals surface area (Å²) in [5, 5.41) is 15.7. The number of hydrogen-bond acceptors (Lipinski definition) is 6. The van der Waals surface area contributed by atoms with Gasteiger partial charge in [0, 0.05) is 36.4 Å². The molecule has 0 spiro atoms. The Morgan fingerprint density at radius 2 is 2.00 bits per heavy atom. The Morgan fingerprint density at radius 3 is 2.82 bits per heavy atom. The predicted octanol–water partition coefficient (Wildman–Crippen LogP) is 5.76. The van der Waals surface area contributed by atoms with Crippen molar-refractivity contribution in [1.82, 2.24) is 9.97 Å². The van der Waals surface area contributed by atoms with Gasteiger partial charge in [0.05, 0.1) is 12.3 Å². The summed E-state index contributed by atoms with van der Waals surface area (Å²) < 4.78 is 0. The van der Waals surface area contributed by atoms with E-state index in [1.165, 1.54) is 5.56 Å². The maximum Gasteiger partial charge on any atom is 0.229 e. The van der Waals surface area contributed by atoms with E-state index in [1.54, 1.807) is 6.20 Å². The van der Waals surface area contributed by atoms with Crippen LogP contribution in [0.25, 0.3) is 0 Å². The fraction of sp³-hybridized carbons (Fsp3) is 0.280. The van der Waals surface area contributed by atoms with E-state index < -0.39 is 0 Å². The van der Waals surface area contributed by atoms with Gasteiger partial charge < -0.3 is 15.5 Å². The van der Waals surface area contributed by atoms with Gasteiger partial charge in [0.1, 0.15) is 5.02 Å². The molecular weight excluding hydrogens is 436 g/mol. The molecule has 2 heterocycles. The van der Waals surface area contributed by atoms with E-state index in [0.29, 0.717) is 42.6 Å². The van der Waals surface area contributed by atoms with Crippen molar-refractivity contribution in [2.24, 2.45) is 0 Å². The van der Waals surface area contributed by atoms with Crippen molar-refractivity contribution >= 4 is 46.3 Å². The second-order valence-corrected chi connectivity index (χ2v) is 8.24. The van der Waals surface area contributed by atoms with Gasteiger partial charge in [0.25, 0.3) is 0 Å². The number of rotatable bonds is 7. The molecule has 1 aromatic heterocycles. The summed E-state index contributed by atoms with van der Waals surface area (Å²) in [5.41, 5.74) is 4.80. The fourth-order valence-corrected chi connectivity index (χ4v) is 4.07. The van der Waals surface area contributed by atoms with Crippen LogP contribution in [0.1, 0.15) is 37.3 Å². The van der Waals surface area contributed by atoms with E-state index >= 15 is 0 Å². The van der Waals surface area contributed by atoms with Crippen LogP contribution in [0, 0.1) is 11.3 Å². The van der Waals surface area contributed by atoms with Crippen molar-refractivity contribution in [3.8, 4) is 6.07 Å². The molecule has 2 N–H and O–H groups in total. The smallest absolute Gasteiger partial charge is 0.229 e. The number of benzene rings is 2. The molecule has 0 fully saturated rings. The summed E-state index contributed by atoms with van der Waals surface area (Å²) in [4.78, 5) is 23.1. The molecule has 0 unspecified atom stereocenters. The molecule has 0 saturated heterocycles. The molecule has 3 aromatic rings. The molecule has 168 valence electrons. The summed E-state index contributed by atoms with van der Waals surface area (Å²) in [6, 6.07) is 16.0. The van der Waals surface area contributed by atoms with Gasteiger partial charge in [-0.15, -0.1) is 0 Å². The lowest BCUT2D eigenvalue weighted by Crippen LogP contribution is -2.29.